The van der Waals surface area contributed by atoms with Gasteiger partial charge in [-0.2, -0.15) is 11.8 Å². The lowest BCUT2D eigenvalue weighted by Gasteiger charge is -2.29. The van der Waals surface area contributed by atoms with E-state index in [1.54, 1.807) is 18.3 Å². The van der Waals surface area contributed by atoms with E-state index in [4.69, 9.17) is 4.98 Å². The lowest BCUT2D eigenvalue weighted by molar-refractivity contribution is -0.129. The summed E-state index contributed by atoms with van der Waals surface area (Å²) in [5, 5.41) is 4.20. The number of thioether (sulfide) groups is 1. The van der Waals surface area contributed by atoms with Crippen LogP contribution in [0, 0.1) is 11.8 Å². The Hall–Kier alpha value is -2.03. The molecule has 8 heteroatoms. The minimum atomic E-state index is -0.468. The van der Waals surface area contributed by atoms with Gasteiger partial charge >= 0.3 is 0 Å². The topological polar surface area (TPSA) is 79.4 Å². The number of hydrogen-bond acceptors (Lipinski definition) is 7. The molecule has 6 nitrogen and oxygen atoms in total. The molecule has 1 aliphatic carbocycles. The summed E-state index contributed by atoms with van der Waals surface area (Å²) in [4.78, 5) is 46.2. The van der Waals surface area contributed by atoms with Crippen molar-refractivity contribution in [3.8, 4) is 0 Å². The smallest absolute Gasteiger partial charge is 0.224 e. The van der Waals surface area contributed by atoms with Gasteiger partial charge < -0.3 is 10.1 Å². The number of amides is 1. The molecule has 0 spiro atoms. The maximum atomic E-state index is 13.7. The summed E-state index contributed by atoms with van der Waals surface area (Å²) in [5.41, 5.74) is 2.89. The number of fused-ring (bicyclic) bond motifs is 1. The van der Waals surface area contributed by atoms with Crippen molar-refractivity contribution in [3.05, 3.63) is 40.9 Å². The lowest BCUT2D eigenvalue weighted by Crippen LogP contribution is -2.41. The summed E-state index contributed by atoms with van der Waals surface area (Å²) >= 11 is 3.58. The van der Waals surface area contributed by atoms with Gasteiger partial charge in [-0.15, -0.1) is 11.3 Å². The maximum Gasteiger partial charge on any atom is 0.224 e. The van der Waals surface area contributed by atoms with Gasteiger partial charge in [0.15, 0.2) is 5.78 Å². The second-order valence-corrected chi connectivity index (χ2v) is 15.0. The number of thiazole rings is 1. The van der Waals surface area contributed by atoms with Crippen LogP contribution in [0.4, 0.5) is 0 Å². The van der Waals surface area contributed by atoms with Crippen LogP contribution in [-0.2, 0) is 20.8 Å². The fourth-order valence-corrected chi connectivity index (χ4v) is 8.32. The minimum absolute atomic E-state index is 0.00442. The van der Waals surface area contributed by atoms with Crippen LogP contribution < -0.4 is 5.32 Å². The van der Waals surface area contributed by atoms with Crippen LogP contribution >= 0.6 is 23.1 Å². The third-order valence-electron chi connectivity index (χ3n) is 8.77. The van der Waals surface area contributed by atoms with Crippen LogP contribution in [0.1, 0.15) is 95.0 Å². The van der Waals surface area contributed by atoms with E-state index in [0.29, 0.717) is 43.2 Å². The SMILES string of the molecule is C=C(CN1CCSCC1)C(=O)CC[C@H](CC1CCCCC1)NC(=O)[C@@H](CC(C)=O)Cc1nc2ccc(C(C)C)cc2s1. The van der Waals surface area contributed by atoms with E-state index >= 15 is 0 Å². The first-order valence-corrected chi connectivity index (χ1v) is 17.8. The summed E-state index contributed by atoms with van der Waals surface area (Å²) in [6.07, 6.45) is 8.65. The Labute approximate surface area is 260 Å². The average molecular weight is 612 g/mol. The first-order valence-electron chi connectivity index (χ1n) is 15.9. The highest BCUT2D eigenvalue weighted by Crippen LogP contribution is 2.30. The van der Waals surface area contributed by atoms with Crippen LogP contribution in [0.25, 0.3) is 10.2 Å². The van der Waals surface area contributed by atoms with Crippen molar-refractivity contribution < 1.29 is 14.4 Å². The molecule has 1 saturated carbocycles. The Morgan fingerprint density at radius 1 is 1.12 bits per heavy atom. The number of hydrogen-bond donors (Lipinski definition) is 1. The molecular weight excluding hydrogens is 563 g/mol. The number of carbonyl (C=O) groups excluding carboxylic acids is 3. The molecule has 1 aliphatic heterocycles. The quantitative estimate of drug-likeness (QED) is 0.219. The molecule has 42 heavy (non-hydrogen) atoms. The molecule has 0 unspecified atom stereocenters. The van der Waals surface area contributed by atoms with Crippen molar-refractivity contribution in [2.24, 2.45) is 11.8 Å². The highest BCUT2D eigenvalue weighted by atomic mass is 32.2. The molecule has 1 N–H and O–H groups in total. The van der Waals surface area contributed by atoms with Crippen molar-refractivity contribution in [1.29, 1.82) is 0 Å². The average Bonchev–Trinajstić information content (AvgIpc) is 3.37. The summed E-state index contributed by atoms with van der Waals surface area (Å²) in [6.45, 7) is 12.7. The number of ketones is 2. The second-order valence-electron chi connectivity index (χ2n) is 12.7. The molecule has 2 atom stereocenters. The predicted octanol–water partition coefficient (Wildman–Crippen LogP) is 6.97. The Morgan fingerprint density at radius 3 is 2.55 bits per heavy atom. The van der Waals surface area contributed by atoms with Crippen LogP contribution in [0.15, 0.2) is 30.4 Å². The zero-order valence-corrected chi connectivity index (χ0v) is 27.4. The molecule has 2 fully saturated rings. The molecule has 1 aromatic heterocycles. The molecular formula is C34H49N3O3S2. The van der Waals surface area contributed by atoms with Crippen LogP contribution in [0.2, 0.25) is 0 Å². The molecule has 1 amide bonds. The second kappa shape index (κ2) is 16.2. The number of aromatic nitrogens is 1. The van der Waals surface area contributed by atoms with Crippen molar-refractivity contribution in [3.63, 3.8) is 0 Å². The predicted molar refractivity (Wildman–Crippen MR) is 176 cm³/mol. The lowest BCUT2D eigenvalue weighted by atomic mass is 9.83. The Bertz CT molecular complexity index is 1230. The van der Waals surface area contributed by atoms with Gasteiger partial charge in [-0.3, -0.25) is 14.5 Å². The van der Waals surface area contributed by atoms with E-state index in [9.17, 15) is 14.4 Å². The fourth-order valence-electron chi connectivity index (χ4n) is 6.24. The van der Waals surface area contributed by atoms with E-state index in [0.717, 1.165) is 46.2 Å². The maximum absolute atomic E-state index is 13.7. The third-order valence-corrected chi connectivity index (χ3v) is 10.8. The van der Waals surface area contributed by atoms with Gasteiger partial charge in [0.1, 0.15) is 5.78 Å². The van der Waals surface area contributed by atoms with Crippen molar-refractivity contribution >= 4 is 50.8 Å². The van der Waals surface area contributed by atoms with E-state index in [-0.39, 0.29) is 29.9 Å². The minimum Gasteiger partial charge on any atom is -0.353 e. The highest BCUT2D eigenvalue weighted by molar-refractivity contribution is 7.99. The highest BCUT2D eigenvalue weighted by Gasteiger charge is 2.27. The molecule has 230 valence electrons. The molecule has 1 aromatic carbocycles. The van der Waals surface area contributed by atoms with Crippen LogP contribution in [0.5, 0.6) is 0 Å². The molecule has 2 aromatic rings. The summed E-state index contributed by atoms with van der Waals surface area (Å²) in [5.74, 6) is 2.76. The molecule has 0 bridgehead atoms. The normalized spacial score (nSPS) is 18.2. The van der Waals surface area contributed by atoms with E-state index < -0.39 is 5.92 Å². The van der Waals surface area contributed by atoms with Crippen molar-refractivity contribution in [2.45, 2.75) is 96.9 Å². The Morgan fingerprint density at radius 2 is 1.86 bits per heavy atom. The zero-order chi connectivity index (χ0) is 30.1. The van der Waals surface area contributed by atoms with Gasteiger partial charge in [0.2, 0.25) is 5.91 Å². The van der Waals surface area contributed by atoms with Gasteiger partial charge in [-0.05, 0) is 49.3 Å². The number of nitrogens with one attached hydrogen (secondary N) is 1. The van der Waals surface area contributed by atoms with Gasteiger partial charge in [0, 0.05) is 62.0 Å². The van der Waals surface area contributed by atoms with Gasteiger partial charge in [-0.1, -0.05) is 58.6 Å². The molecule has 0 radical (unpaired) electrons. The number of benzene rings is 1. The molecule has 4 rings (SSSR count). The molecule has 2 aliphatic rings. The van der Waals surface area contributed by atoms with Gasteiger partial charge in [-0.25, -0.2) is 4.98 Å². The molecule has 2 heterocycles. The summed E-state index contributed by atoms with van der Waals surface area (Å²) < 4.78 is 1.12. The van der Waals surface area contributed by atoms with Crippen LogP contribution in [0.3, 0.4) is 0 Å². The fraction of sp³-hybridized carbons (Fsp3) is 0.647. The number of Topliss-reactive ketones (excluding diaryl/α,β-unsaturated/α-hetero) is 2. The zero-order valence-electron chi connectivity index (χ0n) is 25.8. The first-order chi connectivity index (χ1) is 20.2. The Kier molecular flexibility index (Phi) is 12.6. The molecule has 1 saturated heterocycles. The van der Waals surface area contributed by atoms with Gasteiger partial charge in [0.05, 0.1) is 21.1 Å². The van der Waals surface area contributed by atoms with Crippen molar-refractivity contribution in [2.75, 3.05) is 31.1 Å². The van der Waals surface area contributed by atoms with E-state index in [1.807, 2.05) is 11.8 Å². The first kappa shape index (κ1) is 32.9. The number of carbonyl (C=O) groups is 3. The van der Waals surface area contributed by atoms with Gasteiger partial charge in [0.25, 0.3) is 0 Å². The third kappa shape index (κ3) is 10.0. The summed E-state index contributed by atoms with van der Waals surface area (Å²) in [7, 11) is 0. The largest absolute Gasteiger partial charge is 0.353 e. The Balaban J connectivity index is 1.41. The number of nitrogens with zero attached hydrogens (tertiary/aromatic N) is 2. The van der Waals surface area contributed by atoms with E-state index in [2.05, 4.69) is 48.8 Å². The standard InChI is InChI=1S/C34H49N3O3S2/c1-23(2)27-10-12-30-32(20-27)42-33(36-30)21-28(18-25(4)38)34(40)35-29(19-26-8-6-5-7-9-26)11-13-31(39)24(3)22-37-14-16-41-17-15-37/h10,12,20,23,26,28-29H,3,5-9,11,13-19,21-22H2,1-2,4H3,(H,35,40)/t28-,29+/m0/s1. The van der Waals surface area contributed by atoms with E-state index in [1.165, 1.54) is 37.7 Å². The number of rotatable bonds is 15. The van der Waals surface area contributed by atoms with Crippen LogP contribution in [-0.4, -0.2) is 64.5 Å². The monoisotopic (exact) mass is 611 g/mol. The summed E-state index contributed by atoms with van der Waals surface area (Å²) in [6, 6.07) is 6.28. The van der Waals surface area contributed by atoms with Crippen molar-refractivity contribution in [1.82, 2.24) is 15.2 Å².